The number of para-hydroxylation sites is 1. The number of benzene rings is 3. The summed E-state index contributed by atoms with van der Waals surface area (Å²) in [4.78, 5) is 27.6. The van der Waals surface area contributed by atoms with Crippen molar-refractivity contribution in [2.45, 2.75) is 32.2 Å². The Bertz CT molecular complexity index is 1340. The highest BCUT2D eigenvalue weighted by Gasteiger charge is 2.18. The molecule has 0 aliphatic carbocycles. The summed E-state index contributed by atoms with van der Waals surface area (Å²) in [6.45, 7) is 3.34. The summed E-state index contributed by atoms with van der Waals surface area (Å²) in [5.41, 5.74) is 3.83. The van der Waals surface area contributed by atoms with Gasteiger partial charge in [-0.25, -0.2) is 4.79 Å². The van der Waals surface area contributed by atoms with E-state index in [9.17, 15) is 9.59 Å². The molecule has 1 atom stereocenters. The minimum absolute atomic E-state index is 0.189. The second-order valence-corrected chi connectivity index (χ2v) is 8.60. The number of hydrogen-bond acceptors (Lipinski definition) is 4. The van der Waals surface area contributed by atoms with Crippen LogP contribution < -0.4 is 15.8 Å². The number of nitrogens with zero attached hydrogens (tertiary/aromatic N) is 1. The first-order valence-electron chi connectivity index (χ1n) is 11.4. The maximum absolute atomic E-state index is 12.7. The topological polar surface area (TPSA) is 62.6 Å². The van der Waals surface area contributed by atoms with E-state index >= 15 is 0 Å². The van der Waals surface area contributed by atoms with E-state index in [1.54, 1.807) is 30.3 Å². The van der Waals surface area contributed by atoms with Gasteiger partial charge in [-0.3, -0.25) is 4.79 Å². The van der Waals surface area contributed by atoms with Crippen molar-refractivity contribution in [1.29, 1.82) is 0 Å². The van der Waals surface area contributed by atoms with Crippen LogP contribution in [0, 0.1) is 0 Å². The van der Waals surface area contributed by atoms with Gasteiger partial charge in [-0.1, -0.05) is 30.3 Å². The van der Waals surface area contributed by atoms with Crippen LogP contribution >= 0.6 is 0 Å². The Kier molecular flexibility index (Phi) is 5.69. The molecule has 3 aromatic carbocycles. The molecular weight excluding hydrogens is 412 g/mol. The minimum Gasteiger partial charge on any atom is -0.422 e. The number of carbonyl (C=O) groups is 1. The van der Waals surface area contributed by atoms with Crippen molar-refractivity contribution in [3.8, 4) is 11.1 Å². The van der Waals surface area contributed by atoms with Gasteiger partial charge in [0.2, 0.25) is 0 Å². The van der Waals surface area contributed by atoms with Crippen LogP contribution in [0.25, 0.3) is 22.1 Å². The lowest BCUT2D eigenvalue weighted by Crippen LogP contribution is -2.37. The van der Waals surface area contributed by atoms with Crippen LogP contribution in [-0.4, -0.2) is 18.5 Å². The van der Waals surface area contributed by atoms with E-state index < -0.39 is 5.63 Å². The fourth-order valence-electron chi connectivity index (χ4n) is 4.49. The molecule has 0 radical (unpaired) electrons. The molecule has 1 N–H and O–H groups in total. The smallest absolute Gasteiger partial charge is 0.344 e. The summed E-state index contributed by atoms with van der Waals surface area (Å²) in [6, 6.07) is 24.8. The van der Waals surface area contributed by atoms with E-state index in [1.807, 2.05) is 36.4 Å². The predicted octanol–water partition coefficient (Wildman–Crippen LogP) is 6.09. The van der Waals surface area contributed by atoms with Gasteiger partial charge in [-0.2, -0.15) is 0 Å². The van der Waals surface area contributed by atoms with Crippen molar-refractivity contribution in [1.82, 2.24) is 0 Å². The Labute approximate surface area is 192 Å². The molecule has 5 rings (SSSR count). The first-order valence-corrected chi connectivity index (χ1v) is 11.4. The quantitative estimate of drug-likeness (QED) is 0.392. The molecule has 1 amide bonds. The van der Waals surface area contributed by atoms with Gasteiger partial charge in [0.15, 0.2) is 0 Å². The SMILES string of the molecule is C[C@@H]1CCCCN1c1ccc(NC(=O)c2ccc(-c3cc4ccccc4oc3=O)cc2)cc1. The molecule has 5 nitrogen and oxygen atoms in total. The normalized spacial score (nSPS) is 16.0. The highest BCUT2D eigenvalue weighted by atomic mass is 16.4. The second kappa shape index (κ2) is 8.94. The second-order valence-electron chi connectivity index (χ2n) is 8.60. The molecule has 1 fully saturated rings. The predicted molar refractivity (Wildman–Crippen MR) is 133 cm³/mol. The first-order chi connectivity index (χ1) is 16.1. The monoisotopic (exact) mass is 438 g/mol. The summed E-state index contributed by atoms with van der Waals surface area (Å²) in [5.74, 6) is -0.189. The van der Waals surface area contributed by atoms with Crippen LogP contribution in [0.3, 0.4) is 0 Å². The molecule has 1 aliphatic heterocycles. The maximum Gasteiger partial charge on any atom is 0.344 e. The lowest BCUT2D eigenvalue weighted by molar-refractivity contribution is 0.102. The summed E-state index contributed by atoms with van der Waals surface area (Å²) in [7, 11) is 0. The van der Waals surface area contributed by atoms with Crippen molar-refractivity contribution < 1.29 is 9.21 Å². The van der Waals surface area contributed by atoms with Crippen molar-refractivity contribution in [3.63, 3.8) is 0 Å². The van der Waals surface area contributed by atoms with E-state index in [-0.39, 0.29) is 5.91 Å². The number of fused-ring (bicyclic) bond motifs is 1. The number of piperidine rings is 1. The molecule has 4 aromatic rings. The molecule has 0 bridgehead atoms. The summed E-state index contributed by atoms with van der Waals surface area (Å²) >= 11 is 0. The van der Waals surface area contributed by atoms with Crippen LogP contribution in [-0.2, 0) is 0 Å². The number of anilines is 2. The Morgan fingerprint density at radius 2 is 1.73 bits per heavy atom. The molecule has 0 spiro atoms. The van der Waals surface area contributed by atoms with Crippen LogP contribution in [0.5, 0.6) is 0 Å². The lowest BCUT2D eigenvalue weighted by atomic mass is 10.0. The van der Waals surface area contributed by atoms with Crippen molar-refractivity contribution in [2.24, 2.45) is 0 Å². The average molecular weight is 439 g/mol. The maximum atomic E-state index is 12.7. The molecule has 166 valence electrons. The molecular formula is C28H26N2O3. The highest BCUT2D eigenvalue weighted by Crippen LogP contribution is 2.26. The number of rotatable bonds is 4. The van der Waals surface area contributed by atoms with Gasteiger partial charge in [0.1, 0.15) is 5.58 Å². The zero-order valence-corrected chi connectivity index (χ0v) is 18.6. The van der Waals surface area contributed by atoms with Gasteiger partial charge >= 0.3 is 5.63 Å². The van der Waals surface area contributed by atoms with Crippen molar-refractivity contribution >= 4 is 28.3 Å². The third kappa shape index (κ3) is 4.40. The Hall–Kier alpha value is -3.86. The van der Waals surface area contributed by atoms with E-state index in [4.69, 9.17) is 4.42 Å². The standard InChI is InChI=1S/C28H26N2O3/c1-19-6-4-5-17-30(19)24-15-13-23(14-16-24)29-27(31)21-11-9-20(10-12-21)25-18-22-7-2-3-8-26(22)33-28(25)32/h2-3,7-16,18-19H,4-6,17H2,1H3,(H,29,31)/t19-/m1/s1. The molecule has 33 heavy (non-hydrogen) atoms. The van der Waals surface area contributed by atoms with Gasteiger partial charge in [0.25, 0.3) is 5.91 Å². The van der Waals surface area contributed by atoms with Crippen molar-refractivity contribution in [3.05, 3.63) is 94.8 Å². The fraction of sp³-hybridized carbons (Fsp3) is 0.214. The number of amides is 1. The Morgan fingerprint density at radius 3 is 2.48 bits per heavy atom. The number of carbonyl (C=O) groups excluding carboxylic acids is 1. The van der Waals surface area contributed by atoms with Crippen LogP contribution in [0.2, 0.25) is 0 Å². The van der Waals surface area contributed by atoms with Crippen LogP contribution in [0.4, 0.5) is 11.4 Å². The largest absolute Gasteiger partial charge is 0.422 e. The Balaban J connectivity index is 1.30. The average Bonchev–Trinajstić information content (AvgIpc) is 2.84. The number of nitrogens with one attached hydrogen (secondary N) is 1. The summed E-state index contributed by atoms with van der Waals surface area (Å²) in [6.07, 6.45) is 3.73. The van der Waals surface area contributed by atoms with Crippen LogP contribution in [0.15, 0.2) is 88.1 Å². The van der Waals surface area contributed by atoms with Crippen molar-refractivity contribution in [2.75, 3.05) is 16.8 Å². The van der Waals surface area contributed by atoms with Gasteiger partial charge in [0, 0.05) is 34.9 Å². The van der Waals surface area contributed by atoms with Crippen LogP contribution in [0.1, 0.15) is 36.5 Å². The highest BCUT2D eigenvalue weighted by molar-refractivity contribution is 6.04. The molecule has 0 saturated carbocycles. The van der Waals surface area contributed by atoms with E-state index in [2.05, 4.69) is 29.3 Å². The molecule has 0 unspecified atom stereocenters. The molecule has 1 saturated heterocycles. The lowest BCUT2D eigenvalue weighted by Gasteiger charge is -2.35. The third-order valence-corrected chi connectivity index (χ3v) is 6.36. The van der Waals surface area contributed by atoms with Gasteiger partial charge < -0.3 is 14.6 Å². The minimum atomic E-state index is -0.394. The number of hydrogen-bond donors (Lipinski definition) is 1. The van der Waals surface area contributed by atoms with Gasteiger partial charge in [0.05, 0.1) is 5.56 Å². The molecule has 1 aliphatic rings. The van der Waals surface area contributed by atoms with E-state index in [1.165, 1.54) is 24.9 Å². The Morgan fingerprint density at radius 1 is 0.970 bits per heavy atom. The first kappa shape index (κ1) is 21.0. The molecule has 2 heterocycles. The summed E-state index contributed by atoms with van der Waals surface area (Å²) < 4.78 is 5.43. The van der Waals surface area contributed by atoms with E-state index in [0.717, 1.165) is 17.6 Å². The summed E-state index contributed by atoms with van der Waals surface area (Å²) in [5, 5.41) is 3.81. The zero-order valence-electron chi connectivity index (χ0n) is 18.6. The van der Waals surface area contributed by atoms with Gasteiger partial charge in [-0.15, -0.1) is 0 Å². The molecule has 5 heteroatoms. The van der Waals surface area contributed by atoms with Gasteiger partial charge in [-0.05, 0) is 80.3 Å². The fourth-order valence-corrected chi connectivity index (χ4v) is 4.49. The van der Waals surface area contributed by atoms with E-state index in [0.29, 0.717) is 28.3 Å². The zero-order chi connectivity index (χ0) is 22.8. The molecule has 1 aromatic heterocycles. The third-order valence-electron chi connectivity index (χ3n) is 6.36.